The third-order valence-corrected chi connectivity index (χ3v) is 6.01. The molecule has 140 valence electrons. The van der Waals surface area contributed by atoms with Crippen molar-refractivity contribution < 1.29 is 9.59 Å². The van der Waals surface area contributed by atoms with Crippen molar-refractivity contribution in [1.29, 1.82) is 0 Å². The number of rotatable bonds is 0. The van der Waals surface area contributed by atoms with Crippen LogP contribution in [-0.4, -0.2) is 11.6 Å². The van der Waals surface area contributed by atoms with Crippen LogP contribution in [0.1, 0.15) is 54.1 Å². The largest absolute Gasteiger partial charge is 0.289 e. The highest BCUT2D eigenvalue weighted by Crippen LogP contribution is 2.46. The number of ketones is 2. The van der Waals surface area contributed by atoms with Crippen molar-refractivity contribution in [2.24, 2.45) is 0 Å². The van der Waals surface area contributed by atoms with E-state index in [2.05, 4.69) is 0 Å². The van der Waals surface area contributed by atoms with Crippen molar-refractivity contribution >= 4 is 22.7 Å². The van der Waals surface area contributed by atoms with Gasteiger partial charge in [0.15, 0.2) is 11.6 Å². The van der Waals surface area contributed by atoms with Crippen molar-refractivity contribution in [3.8, 4) is 0 Å². The van der Waals surface area contributed by atoms with Crippen molar-refractivity contribution in [2.75, 3.05) is 0 Å². The van der Waals surface area contributed by atoms with Crippen LogP contribution in [-0.2, 0) is 0 Å². The molecule has 0 atom stereocenters. The standard InChI is InChI=1S/C28H16O2/c29-27-21-13-5-1-9-17(21)25(18-10-2-6-14-22(18)27)26-19-11-3-7-15-23(19)28(30)24-16-8-4-12-20(24)26/h1-16H. The van der Waals surface area contributed by atoms with Gasteiger partial charge in [0.1, 0.15) is 0 Å². The molecule has 30 heavy (non-hydrogen) atoms. The van der Waals surface area contributed by atoms with Crippen LogP contribution in [0.15, 0.2) is 97.1 Å². The summed E-state index contributed by atoms with van der Waals surface area (Å²) in [4.78, 5) is 26.4. The number of carbonyl (C=O) groups excluding carboxylic acids is 2. The lowest BCUT2D eigenvalue weighted by atomic mass is 9.73. The van der Waals surface area contributed by atoms with Crippen LogP contribution >= 0.6 is 0 Å². The van der Waals surface area contributed by atoms with Crippen LogP contribution in [0.5, 0.6) is 0 Å². The van der Waals surface area contributed by atoms with Gasteiger partial charge in [-0.25, -0.2) is 0 Å². The number of hydrogen-bond acceptors (Lipinski definition) is 2. The summed E-state index contributed by atoms with van der Waals surface area (Å²) >= 11 is 0. The summed E-state index contributed by atoms with van der Waals surface area (Å²) in [7, 11) is 0. The number of fused-ring (bicyclic) bond motifs is 4. The van der Waals surface area contributed by atoms with Gasteiger partial charge in [-0.3, -0.25) is 9.59 Å². The molecule has 4 aromatic carbocycles. The highest BCUT2D eigenvalue weighted by molar-refractivity contribution is 6.27. The van der Waals surface area contributed by atoms with Gasteiger partial charge in [0.2, 0.25) is 0 Å². The third-order valence-electron chi connectivity index (χ3n) is 6.01. The molecule has 0 fully saturated rings. The molecule has 0 N–H and O–H groups in total. The summed E-state index contributed by atoms with van der Waals surface area (Å²) in [5.41, 5.74) is 8.46. The third kappa shape index (κ3) is 2.19. The molecule has 2 aliphatic rings. The maximum Gasteiger partial charge on any atom is 0.194 e. The molecular formula is C28H16O2. The van der Waals surface area contributed by atoms with E-state index in [1.807, 2.05) is 97.1 Å². The summed E-state index contributed by atoms with van der Waals surface area (Å²) < 4.78 is 0. The van der Waals surface area contributed by atoms with Crippen LogP contribution in [0, 0.1) is 0 Å². The molecule has 2 nitrogen and oxygen atoms in total. The van der Waals surface area contributed by atoms with Gasteiger partial charge < -0.3 is 0 Å². The molecule has 0 radical (unpaired) electrons. The Labute approximate surface area is 174 Å². The Kier molecular flexibility index (Phi) is 3.50. The molecule has 0 saturated carbocycles. The average molecular weight is 384 g/mol. The number of hydrogen-bond donors (Lipinski definition) is 0. The molecule has 0 aromatic heterocycles. The quantitative estimate of drug-likeness (QED) is 0.332. The van der Waals surface area contributed by atoms with E-state index in [4.69, 9.17) is 0 Å². The first-order valence-electron chi connectivity index (χ1n) is 9.97. The van der Waals surface area contributed by atoms with E-state index in [9.17, 15) is 9.59 Å². The minimum Gasteiger partial charge on any atom is -0.289 e. The maximum absolute atomic E-state index is 13.2. The molecule has 0 spiro atoms. The second-order valence-corrected chi connectivity index (χ2v) is 7.59. The van der Waals surface area contributed by atoms with Crippen molar-refractivity contribution in [3.05, 3.63) is 142 Å². The highest BCUT2D eigenvalue weighted by atomic mass is 16.1. The van der Waals surface area contributed by atoms with E-state index in [0.717, 1.165) is 33.4 Å². The Morgan fingerprint density at radius 1 is 0.300 bits per heavy atom. The zero-order valence-electron chi connectivity index (χ0n) is 16.1. The summed E-state index contributed by atoms with van der Waals surface area (Å²) in [5, 5.41) is 0. The van der Waals surface area contributed by atoms with Crippen LogP contribution < -0.4 is 0 Å². The summed E-state index contributed by atoms with van der Waals surface area (Å²) in [6.07, 6.45) is 0. The first-order valence-corrected chi connectivity index (χ1v) is 9.97. The van der Waals surface area contributed by atoms with Gasteiger partial charge in [0.25, 0.3) is 0 Å². The molecule has 0 aliphatic heterocycles. The molecular weight excluding hydrogens is 368 g/mol. The van der Waals surface area contributed by atoms with E-state index < -0.39 is 0 Å². The van der Waals surface area contributed by atoms with E-state index in [0.29, 0.717) is 22.3 Å². The van der Waals surface area contributed by atoms with Crippen molar-refractivity contribution in [2.45, 2.75) is 0 Å². The van der Waals surface area contributed by atoms with Gasteiger partial charge in [-0.1, -0.05) is 97.1 Å². The predicted molar refractivity (Wildman–Crippen MR) is 118 cm³/mol. The van der Waals surface area contributed by atoms with Crippen LogP contribution in [0.25, 0.3) is 11.1 Å². The zero-order chi connectivity index (χ0) is 20.2. The van der Waals surface area contributed by atoms with Gasteiger partial charge in [0.05, 0.1) is 0 Å². The van der Waals surface area contributed by atoms with Crippen LogP contribution in [0.4, 0.5) is 0 Å². The van der Waals surface area contributed by atoms with E-state index in [1.165, 1.54) is 0 Å². The minimum atomic E-state index is 0.0407. The van der Waals surface area contributed by atoms with E-state index in [-0.39, 0.29) is 11.6 Å². The van der Waals surface area contributed by atoms with Gasteiger partial charge in [-0.2, -0.15) is 0 Å². The average Bonchev–Trinajstić information content (AvgIpc) is 2.81. The number of benzene rings is 4. The molecule has 6 rings (SSSR count). The van der Waals surface area contributed by atoms with E-state index in [1.54, 1.807) is 0 Å². The first kappa shape index (κ1) is 16.9. The maximum atomic E-state index is 13.2. The topological polar surface area (TPSA) is 34.1 Å². The first-order chi connectivity index (χ1) is 14.8. The Hall–Kier alpha value is -4.04. The zero-order valence-corrected chi connectivity index (χ0v) is 16.1. The lowest BCUT2D eigenvalue weighted by Crippen LogP contribution is -2.19. The summed E-state index contributed by atoms with van der Waals surface area (Å²) in [6, 6.07) is 31.1. The smallest absolute Gasteiger partial charge is 0.194 e. The van der Waals surface area contributed by atoms with Crippen molar-refractivity contribution in [1.82, 2.24) is 0 Å². The van der Waals surface area contributed by atoms with Crippen molar-refractivity contribution in [3.63, 3.8) is 0 Å². The fraction of sp³-hybridized carbons (Fsp3) is 0. The second kappa shape index (κ2) is 6.23. The fourth-order valence-electron chi connectivity index (χ4n) is 4.72. The molecule has 0 heterocycles. The van der Waals surface area contributed by atoms with Crippen LogP contribution in [0.3, 0.4) is 0 Å². The Morgan fingerprint density at radius 2 is 0.500 bits per heavy atom. The Bertz CT molecular complexity index is 1210. The predicted octanol–water partition coefficient (Wildman–Crippen LogP) is 5.78. The highest BCUT2D eigenvalue weighted by Gasteiger charge is 2.33. The lowest BCUT2D eigenvalue weighted by Gasteiger charge is -2.29. The molecule has 0 amide bonds. The Morgan fingerprint density at radius 3 is 0.733 bits per heavy atom. The number of carbonyl (C=O) groups is 2. The SMILES string of the molecule is O=C1c2ccccc2C(=C2c3ccccc3C(=O)c3ccccc32)c2ccccc21. The lowest BCUT2D eigenvalue weighted by molar-refractivity contribution is 0.102. The molecule has 2 heteroatoms. The molecule has 0 bridgehead atoms. The van der Waals surface area contributed by atoms with Gasteiger partial charge in [-0.05, 0) is 33.4 Å². The summed E-state index contributed by atoms with van der Waals surface area (Å²) in [6.45, 7) is 0. The minimum absolute atomic E-state index is 0.0407. The normalized spacial score (nSPS) is 14.0. The fourth-order valence-corrected chi connectivity index (χ4v) is 4.72. The molecule has 0 unspecified atom stereocenters. The second-order valence-electron chi connectivity index (χ2n) is 7.59. The van der Waals surface area contributed by atoms with Gasteiger partial charge in [-0.15, -0.1) is 0 Å². The molecule has 2 aliphatic carbocycles. The molecule has 4 aromatic rings. The molecule has 0 saturated heterocycles. The van der Waals surface area contributed by atoms with Gasteiger partial charge >= 0.3 is 0 Å². The van der Waals surface area contributed by atoms with Gasteiger partial charge in [0, 0.05) is 22.3 Å². The monoisotopic (exact) mass is 384 g/mol. The Balaban J connectivity index is 1.84. The van der Waals surface area contributed by atoms with E-state index >= 15 is 0 Å². The summed E-state index contributed by atoms with van der Waals surface area (Å²) in [5.74, 6) is 0.0815. The van der Waals surface area contributed by atoms with Crippen LogP contribution in [0.2, 0.25) is 0 Å².